The molecule has 5 aromatic rings. The number of amides is 2. The minimum Gasteiger partial charge on any atom is -0.408 e. The highest BCUT2D eigenvalue weighted by Gasteiger charge is 2.21. The Balaban J connectivity index is 0.000000207. The number of aromatic nitrogens is 2. The van der Waals surface area contributed by atoms with Gasteiger partial charge in [0.2, 0.25) is 11.8 Å². The summed E-state index contributed by atoms with van der Waals surface area (Å²) in [5, 5.41) is 5.40. The smallest absolute Gasteiger partial charge is 0.408 e. The molecule has 0 unspecified atom stereocenters. The fourth-order valence-corrected chi connectivity index (χ4v) is 5.01. The number of fused-ring (bicyclic) bond motifs is 2. The van der Waals surface area contributed by atoms with E-state index in [0.29, 0.717) is 46.0 Å². The van der Waals surface area contributed by atoms with E-state index < -0.39 is 11.5 Å². The maximum Gasteiger partial charge on any atom is 0.417 e. The molecule has 0 radical (unpaired) electrons. The third kappa shape index (κ3) is 8.21. The third-order valence-electron chi connectivity index (χ3n) is 7.04. The summed E-state index contributed by atoms with van der Waals surface area (Å²) in [6, 6.07) is 16.6. The number of carbonyl (C=O) groups excluding carboxylic acids is 2. The lowest BCUT2D eigenvalue weighted by Crippen LogP contribution is -2.39. The fourth-order valence-electron chi connectivity index (χ4n) is 4.95. The number of alkyl halides is 1. The SMILES string of the molecule is O=C(CCl)Nc1ccc2[nH]c(=O)oc2c1.O=C(CN1CCC(Cc2ccc(F)cc2)CC1)Nc1ccc2[nH]c(=O)oc2c1. The largest absolute Gasteiger partial charge is 0.417 e. The average Bonchev–Trinajstić information content (AvgIpc) is 3.55. The lowest BCUT2D eigenvalue weighted by molar-refractivity contribution is -0.117. The maximum atomic E-state index is 13.0. The molecule has 1 aliphatic heterocycles. The van der Waals surface area contributed by atoms with Crippen molar-refractivity contribution in [1.29, 1.82) is 0 Å². The fraction of sp³-hybridized carbons (Fsp3) is 0.267. The van der Waals surface area contributed by atoms with Crippen LogP contribution in [0.15, 0.2) is 79.1 Å². The number of oxazole rings is 2. The van der Waals surface area contributed by atoms with Crippen molar-refractivity contribution < 1.29 is 22.8 Å². The van der Waals surface area contributed by atoms with Gasteiger partial charge in [-0.3, -0.25) is 24.5 Å². The maximum absolute atomic E-state index is 13.0. The van der Waals surface area contributed by atoms with Crippen LogP contribution in [-0.4, -0.2) is 52.2 Å². The predicted octanol–water partition coefficient (Wildman–Crippen LogP) is 4.45. The number of H-pyrrole nitrogens is 2. The van der Waals surface area contributed by atoms with Crippen molar-refractivity contribution >= 4 is 57.0 Å². The number of carbonyl (C=O) groups is 2. The van der Waals surface area contributed by atoms with E-state index in [-0.39, 0.29) is 23.5 Å². The van der Waals surface area contributed by atoms with E-state index in [2.05, 4.69) is 25.5 Å². The van der Waals surface area contributed by atoms with Gasteiger partial charge in [0.15, 0.2) is 11.2 Å². The van der Waals surface area contributed by atoms with Crippen molar-refractivity contribution in [2.45, 2.75) is 19.3 Å². The molecule has 3 aromatic carbocycles. The Labute approximate surface area is 249 Å². The first-order valence-corrected chi connectivity index (χ1v) is 14.2. The van der Waals surface area contributed by atoms with Crippen LogP contribution in [0.25, 0.3) is 22.2 Å². The molecule has 0 saturated carbocycles. The number of halogens is 2. The first-order valence-electron chi connectivity index (χ1n) is 13.6. The van der Waals surface area contributed by atoms with Gasteiger partial charge in [0.05, 0.1) is 17.6 Å². The van der Waals surface area contributed by atoms with Gasteiger partial charge in [0, 0.05) is 23.5 Å². The van der Waals surface area contributed by atoms with Crippen molar-refractivity contribution in [3.63, 3.8) is 0 Å². The Hall–Kier alpha value is -4.68. The second-order valence-electron chi connectivity index (χ2n) is 10.2. The minimum absolute atomic E-state index is 0.0887. The van der Waals surface area contributed by atoms with Crippen LogP contribution in [0.1, 0.15) is 18.4 Å². The van der Waals surface area contributed by atoms with Gasteiger partial charge in [-0.15, -0.1) is 11.6 Å². The highest BCUT2D eigenvalue weighted by Crippen LogP contribution is 2.22. The molecule has 1 saturated heterocycles. The summed E-state index contributed by atoms with van der Waals surface area (Å²) < 4.78 is 22.8. The van der Waals surface area contributed by atoms with E-state index in [0.717, 1.165) is 37.9 Å². The first-order chi connectivity index (χ1) is 20.7. The molecule has 0 bridgehead atoms. The molecule has 0 spiro atoms. The summed E-state index contributed by atoms with van der Waals surface area (Å²) in [6.45, 7) is 2.06. The molecular formula is C30H29ClFN5O6. The molecule has 3 heterocycles. The lowest BCUT2D eigenvalue weighted by atomic mass is 9.90. The zero-order valence-corrected chi connectivity index (χ0v) is 23.7. The minimum atomic E-state index is -0.522. The molecule has 0 atom stereocenters. The number of benzene rings is 3. The Bertz CT molecular complexity index is 1840. The van der Waals surface area contributed by atoms with Gasteiger partial charge in [-0.25, -0.2) is 14.0 Å². The molecule has 13 heteroatoms. The zero-order valence-electron chi connectivity index (χ0n) is 23.0. The summed E-state index contributed by atoms with van der Waals surface area (Å²) in [5.41, 5.74) is 4.30. The normalized spacial score (nSPS) is 13.9. The van der Waals surface area contributed by atoms with Gasteiger partial charge >= 0.3 is 11.5 Å². The molecule has 0 aliphatic carbocycles. The molecule has 4 N–H and O–H groups in total. The number of anilines is 2. The van der Waals surface area contributed by atoms with Crippen LogP contribution in [0.4, 0.5) is 15.8 Å². The van der Waals surface area contributed by atoms with E-state index in [1.807, 2.05) is 12.1 Å². The van der Waals surface area contributed by atoms with Crippen LogP contribution >= 0.6 is 11.6 Å². The van der Waals surface area contributed by atoms with E-state index in [4.69, 9.17) is 20.4 Å². The Morgan fingerprint density at radius 3 is 1.91 bits per heavy atom. The zero-order chi connectivity index (χ0) is 30.3. The summed E-state index contributed by atoms with van der Waals surface area (Å²) in [6.07, 6.45) is 2.98. The van der Waals surface area contributed by atoms with Crippen LogP contribution in [0, 0.1) is 11.7 Å². The molecular weight excluding hydrogens is 581 g/mol. The molecule has 2 aromatic heterocycles. The highest BCUT2D eigenvalue weighted by molar-refractivity contribution is 6.29. The van der Waals surface area contributed by atoms with Gasteiger partial charge < -0.3 is 19.5 Å². The van der Waals surface area contributed by atoms with Gasteiger partial charge in [0.25, 0.3) is 0 Å². The van der Waals surface area contributed by atoms with Crippen LogP contribution in [0.2, 0.25) is 0 Å². The van der Waals surface area contributed by atoms with Crippen molar-refractivity contribution in [3.05, 3.63) is 93.1 Å². The number of nitrogens with one attached hydrogen (secondary N) is 4. The Morgan fingerprint density at radius 1 is 0.837 bits per heavy atom. The molecule has 1 aliphatic rings. The summed E-state index contributed by atoms with van der Waals surface area (Å²) >= 11 is 5.33. The van der Waals surface area contributed by atoms with Crippen LogP contribution in [0.3, 0.4) is 0 Å². The predicted molar refractivity (Wildman–Crippen MR) is 161 cm³/mol. The number of nitrogens with zero attached hydrogens (tertiary/aromatic N) is 1. The summed E-state index contributed by atoms with van der Waals surface area (Å²) in [4.78, 5) is 52.6. The number of likely N-dealkylation sites (tertiary alicyclic amines) is 1. The lowest BCUT2D eigenvalue weighted by Gasteiger charge is -2.31. The third-order valence-corrected chi connectivity index (χ3v) is 7.29. The van der Waals surface area contributed by atoms with Crippen LogP contribution in [0.5, 0.6) is 0 Å². The number of aromatic amines is 2. The van der Waals surface area contributed by atoms with E-state index in [1.54, 1.807) is 36.4 Å². The summed E-state index contributed by atoms with van der Waals surface area (Å²) in [5.74, 6) is -1.20. The molecule has 2 amide bonds. The van der Waals surface area contributed by atoms with Gasteiger partial charge in [-0.2, -0.15) is 0 Å². The number of piperidine rings is 1. The molecule has 11 nitrogen and oxygen atoms in total. The highest BCUT2D eigenvalue weighted by atomic mass is 35.5. The van der Waals surface area contributed by atoms with Crippen molar-refractivity contribution in [2.24, 2.45) is 5.92 Å². The summed E-state index contributed by atoms with van der Waals surface area (Å²) in [7, 11) is 0. The molecule has 6 rings (SSSR count). The van der Waals surface area contributed by atoms with E-state index in [9.17, 15) is 23.6 Å². The number of rotatable bonds is 7. The van der Waals surface area contributed by atoms with Gasteiger partial charge in [-0.1, -0.05) is 12.1 Å². The Kier molecular flexibility index (Phi) is 9.38. The van der Waals surface area contributed by atoms with Crippen LogP contribution in [-0.2, 0) is 16.0 Å². The second-order valence-corrected chi connectivity index (χ2v) is 10.5. The number of hydrogen-bond donors (Lipinski definition) is 4. The van der Waals surface area contributed by atoms with Gasteiger partial charge in [-0.05, 0) is 80.2 Å². The van der Waals surface area contributed by atoms with Crippen molar-refractivity contribution in [2.75, 3.05) is 36.1 Å². The standard InChI is InChI=1S/C21H22FN3O3.C9H7ClN2O3/c22-16-3-1-14(2-4-16)11-15-7-9-25(10-8-15)13-20(26)23-17-5-6-18-19(12-17)28-21(27)24-18;10-4-8(13)11-5-1-2-6-7(3-5)15-9(14)12-6/h1-6,12,15H,7-11,13H2,(H,23,26)(H,24,27);1-3H,4H2,(H,11,13)(H,12,14). The van der Waals surface area contributed by atoms with Gasteiger partial charge in [0.1, 0.15) is 11.7 Å². The van der Waals surface area contributed by atoms with E-state index >= 15 is 0 Å². The monoisotopic (exact) mass is 609 g/mol. The second kappa shape index (κ2) is 13.5. The molecule has 224 valence electrons. The molecule has 43 heavy (non-hydrogen) atoms. The van der Waals surface area contributed by atoms with Crippen molar-refractivity contribution in [3.8, 4) is 0 Å². The van der Waals surface area contributed by atoms with Crippen molar-refractivity contribution in [1.82, 2.24) is 14.9 Å². The van der Waals surface area contributed by atoms with Crippen LogP contribution < -0.4 is 22.1 Å². The Morgan fingerprint density at radius 2 is 1.37 bits per heavy atom. The quantitative estimate of drug-likeness (QED) is 0.199. The van der Waals surface area contributed by atoms with E-state index in [1.165, 1.54) is 12.1 Å². The first kappa shape index (κ1) is 29.8. The number of hydrogen-bond acceptors (Lipinski definition) is 7. The average molecular weight is 610 g/mol. The topological polar surface area (TPSA) is 153 Å². The molecule has 1 fully saturated rings.